The molecule has 0 aromatic carbocycles. The number of hydrogen-bond acceptors (Lipinski definition) is 3. The van der Waals surface area contributed by atoms with Crippen molar-refractivity contribution in [2.45, 2.75) is 12.8 Å². The maximum atomic E-state index is 11.3. The van der Waals surface area contributed by atoms with Crippen LogP contribution < -0.4 is 0 Å². The third kappa shape index (κ3) is 3.50. The van der Waals surface area contributed by atoms with Crippen LogP contribution in [0, 0.1) is 5.92 Å². The molecule has 82 valence electrons. The first kappa shape index (κ1) is 11.9. The van der Waals surface area contributed by atoms with Gasteiger partial charge < -0.3 is 9.80 Å². The number of amides is 1. The van der Waals surface area contributed by atoms with E-state index in [0.717, 1.165) is 19.6 Å². The molecule has 0 N–H and O–H groups in total. The molecule has 0 atom stereocenters. The molecule has 1 amide bonds. The van der Waals surface area contributed by atoms with Crippen LogP contribution in [0.1, 0.15) is 12.8 Å². The lowest BCUT2D eigenvalue weighted by atomic mass is 9.97. The molecule has 1 saturated heterocycles. The van der Waals surface area contributed by atoms with Gasteiger partial charge in [0.1, 0.15) is 0 Å². The van der Waals surface area contributed by atoms with Gasteiger partial charge in [0.25, 0.3) is 0 Å². The van der Waals surface area contributed by atoms with Crippen LogP contribution in [0.4, 0.5) is 0 Å². The van der Waals surface area contributed by atoms with Crippen LogP contribution in [0.25, 0.3) is 0 Å². The predicted octanol–water partition coefficient (Wildman–Crippen LogP) is 0.716. The van der Waals surface area contributed by atoms with E-state index in [2.05, 4.69) is 24.6 Å². The van der Waals surface area contributed by atoms with Gasteiger partial charge >= 0.3 is 0 Å². The summed E-state index contributed by atoms with van der Waals surface area (Å²) >= 11 is 3.99. The Labute approximate surface area is 91.9 Å². The van der Waals surface area contributed by atoms with Gasteiger partial charge in [-0.15, -0.1) is 0 Å². The summed E-state index contributed by atoms with van der Waals surface area (Å²) in [6.45, 7) is 3.22. The van der Waals surface area contributed by atoms with Gasteiger partial charge in [0, 0.05) is 13.6 Å². The van der Waals surface area contributed by atoms with Crippen molar-refractivity contribution in [1.29, 1.82) is 0 Å². The van der Waals surface area contributed by atoms with E-state index in [9.17, 15) is 4.79 Å². The third-order valence-electron chi connectivity index (χ3n) is 2.93. The van der Waals surface area contributed by atoms with E-state index < -0.39 is 0 Å². The van der Waals surface area contributed by atoms with Gasteiger partial charge in [0.2, 0.25) is 5.91 Å². The molecular formula is C10H20N2OS. The summed E-state index contributed by atoms with van der Waals surface area (Å²) in [5, 5.41) is 0. The van der Waals surface area contributed by atoms with Crippen molar-refractivity contribution in [3.8, 4) is 0 Å². The Morgan fingerprint density at radius 1 is 1.50 bits per heavy atom. The van der Waals surface area contributed by atoms with Crippen LogP contribution in [0.2, 0.25) is 0 Å². The normalized spacial score (nSPS) is 19.6. The van der Waals surface area contributed by atoms with Gasteiger partial charge in [-0.05, 0) is 38.9 Å². The van der Waals surface area contributed by atoms with Crippen LogP contribution in [-0.2, 0) is 4.79 Å². The minimum absolute atomic E-state index is 0.132. The Bertz CT molecular complexity index is 191. The van der Waals surface area contributed by atoms with E-state index >= 15 is 0 Å². The van der Waals surface area contributed by atoms with Crippen LogP contribution in [-0.4, -0.2) is 55.2 Å². The molecule has 1 aliphatic rings. The Morgan fingerprint density at radius 3 is 2.57 bits per heavy atom. The smallest absolute Gasteiger partial charge is 0.232 e. The number of carbonyl (C=O) groups excluding carboxylic acids is 1. The SMILES string of the molecule is CN1CCC(CN(C)C(=O)CS)CC1. The topological polar surface area (TPSA) is 23.6 Å². The molecule has 0 aromatic heterocycles. The average molecular weight is 216 g/mol. The molecule has 0 radical (unpaired) electrons. The Balaban J connectivity index is 2.27. The quantitative estimate of drug-likeness (QED) is 0.703. The maximum Gasteiger partial charge on any atom is 0.232 e. The number of rotatable bonds is 3. The molecule has 1 aliphatic heterocycles. The van der Waals surface area contributed by atoms with E-state index in [-0.39, 0.29) is 5.91 Å². The van der Waals surface area contributed by atoms with Crippen molar-refractivity contribution in [3.63, 3.8) is 0 Å². The number of nitrogens with zero attached hydrogens (tertiary/aromatic N) is 2. The summed E-state index contributed by atoms with van der Waals surface area (Å²) in [7, 11) is 4.02. The Hall–Kier alpha value is -0.220. The van der Waals surface area contributed by atoms with E-state index in [1.165, 1.54) is 12.8 Å². The van der Waals surface area contributed by atoms with Crippen molar-refractivity contribution in [3.05, 3.63) is 0 Å². The minimum atomic E-state index is 0.132. The number of piperidine rings is 1. The zero-order valence-corrected chi connectivity index (χ0v) is 9.96. The zero-order chi connectivity index (χ0) is 10.6. The summed E-state index contributed by atoms with van der Waals surface area (Å²) in [6, 6.07) is 0. The fourth-order valence-corrected chi connectivity index (χ4v) is 2.10. The van der Waals surface area contributed by atoms with Crippen LogP contribution >= 0.6 is 12.6 Å². The van der Waals surface area contributed by atoms with Crippen molar-refractivity contribution < 1.29 is 4.79 Å². The third-order valence-corrected chi connectivity index (χ3v) is 3.20. The molecule has 0 aromatic rings. The first-order valence-corrected chi connectivity index (χ1v) is 5.80. The van der Waals surface area contributed by atoms with Gasteiger partial charge in [-0.1, -0.05) is 0 Å². The standard InChI is InChI=1S/C10H20N2OS/c1-11-5-3-9(4-6-11)7-12(2)10(13)8-14/h9,14H,3-8H2,1-2H3. The summed E-state index contributed by atoms with van der Waals surface area (Å²) in [5.41, 5.74) is 0. The van der Waals surface area contributed by atoms with Crippen molar-refractivity contribution >= 4 is 18.5 Å². The lowest BCUT2D eigenvalue weighted by molar-refractivity contribution is -0.127. The molecule has 0 aliphatic carbocycles. The van der Waals surface area contributed by atoms with Crippen LogP contribution in [0.15, 0.2) is 0 Å². The van der Waals surface area contributed by atoms with Gasteiger partial charge in [-0.25, -0.2) is 0 Å². The first-order chi connectivity index (χ1) is 6.63. The van der Waals surface area contributed by atoms with Crippen molar-refractivity contribution in [1.82, 2.24) is 9.80 Å². The number of likely N-dealkylation sites (tertiary alicyclic amines) is 1. The molecule has 0 unspecified atom stereocenters. The van der Waals surface area contributed by atoms with Gasteiger partial charge in [-0.2, -0.15) is 12.6 Å². The Kier molecular flexibility index (Phi) is 4.75. The first-order valence-electron chi connectivity index (χ1n) is 5.17. The molecule has 1 fully saturated rings. The Morgan fingerprint density at radius 2 is 2.07 bits per heavy atom. The summed E-state index contributed by atoms with van der Waals surface area (Å²) in [5.74, 6) is 1.13. The van der Waals surface area contributed by atoms with Gasteiger partial charge in [0.05, 0.1) is 5.75 Å². The molecule has 0 spiro atoms. The highest BCUT2D eigenvalue weighted by molar-refractivity contribution is 7.81. The number of hydrogen-bond donors (Lipinski definition) is 1. The highest BCUT2D eigenvalue weighted by Gasteiger charge is 2.19. The van der Waals surface area contributed by atoms with Crippen LogP contribution in [0.5, 0.6) is 0 Å². The van der Waals surface area contributed by atoms with Gasteiger partial charge in [0.15, 0.2) is 0 Å². The number of carbonyl (C=O) groups is 1. The number of thiol groups is 1. The second-order valence-corrected chi connectivity index (χ2v) is 4.50. The van der Waals surface area contributed by atoms with E-state index in [1.54, 1.807) is 0 Å². The highest BCUT2D eigenvalue weighted by atomic mass is 32.1. The second-order valence-electron chi connectivity index (χ2n) is 4.18. The predicted molar refractivity (Wildman–Crippen MR) is 61.7 cm³/mol. The van der Waals surface area contributed by atoms with E-state index in [0.29, 0.717) is 11.7 Å². The van der Waals surface area contributed by atoms with Gasteiger partial charge in [-0.3, -0.25) is 4.79 Å². The monoisotopic (exact) mass is 216 g/mol. The van der Waals surface area contributed by atoms with Crippen molar-refractivity contribution in [2.24, 2.45) is 5.92 Å². The minimum Gasteiger partial charge on any atom is -0.345 e. The summed E-state index contributed by atoms with van der Waals surface area (Å²) < 4.78 is 0. The van der Waals surface area contributed by atoms with Crippen molar-refractivity contribution in [2.75, 3.05) is 39.5 Å². The molecule has 4 heteroatoms. The lowest BCUT2D eigenvalue weighted by Gasteiger charge is -2.31. The largest absolute Gasteiger partial charge is 0.345 e. The van der Waals surface area contributed by atoms with Crippen LogP contribution in [0.3, 0.4) is 0 Å². The second kappa shape index (κ2) is 5.61. The molecule has 3 nitrogen and oxygen atoms in total. The highest BCUT2D eigenvalue weighted by Crippen LogP contribution is 2.16. The molecule has 1 heterocycles. The molecule has 1 rings (SSSR count). The maximum absolute atomic E-state index is 11.3. The molecular weight excluding hydrogens is 196 g/mol. The van der Waals surface area contributed by atoms with E-state index in [4.69, 9.17) is 0 Å². The molecule has 14 heavy (non-hydrogen) atoms. The summed E-state index contributed by atoms with van der Waals surface area (Å²) in [6.07, 6.45) is 2.42. The fourth-order valence-electron chi connectivity index (χ4n) is 1.85. The molecule has 0 bridgehead atoms. The average Bonchev–Trinajstić information content (AvgIpc) is 2.20. The zero-order valence-electron chi connectivity index (χ0n) is 9.07. The van der Waals surface area contributed by atoms with E-state index in [1.807, 2.05) is 11.9 Å². The summed E-state index contributed by atoms with van der Waals surface area (Å²) in [4.78, 5) is 15.4. The fraction of sp³-hybridized carbons (Fsp3) is 0.900. The lowest BCUT2D eigenvalue weighted by Crippen LogP contribution is -2.38. The molecule has 0 saturated carbocycles.